The van der Waals surface area contributed by atoms with E-state index in [9.17, 15) is 14.4 Å². The third kappa shape index (κ3) is 4.50. The standard InChI is InChI=1S/C17H18N2O3S/c1-2-9-18-15(20)11-19-17(22)13-7-4-3-6-12(13)16(21)14-8-5-10-23-14/h3-8,10H,2,9,11H2,1H3,(H,18,20)(H,19,22). The van der Waals surface area contributed by atoms with Gasteiger partial charge in [-0.2, -0.15) is 0 Å². The van der Waals surface area contributed by atoms with Crippen LogP contribution in [0.25, 0.3) is 0 Å². The number of thiophene rings is 1. The summed E-state index contributed by atoms with van der Waals surface area (Å²) in [7, 11) is 0. The maximum atomic E-state index is 12.5. The second-order valence-corrected chi connectivity index (χ2v) is 5.83. The summed E-state index contributed by atoms with van der Waals surface area (Å²) >= 11 is 1.33. The first-order valence-electron chi connectivity index (χ1n) is 7.35. The normalized spacial score (nSPS) is 10.1. The van der Waals surface area contributed by atoms with Crippen molar-refractivity contribution in [1.82, 2.24) is 10.6 Å². The maximum Gasteiger partial charge on any atom is 0.252 e. The first-order valence-corrected chi connectivity index (χ1v) is 8.23. The van der Waals surface area contributed by atoms with Crippen molar-refractivity contribution in [2.75, 3.05) is 13.1 Å². The first kappa shape index (κ1) is 16.9. The highest BCUT2D eigenvalue weighted by atomic mass is 32.1. The average molecular weight is 330 g/mol. The van der Waals surface area contributed by atoms with Crippen LogP contribution in [0.1, 0.15) is 38.9 Å². The molecule has 6 heteroatoms. The minimum atomic E-state index is -0.433. The number of hydrogen-bond donors (Lipinski definition) is 2. The van der Waals surface area contributed by atoms with Crippen LogP contribution in [0.15, 0.2) is 41.8 Å². The molecule has 0 aliphatic heterocycles. The van der Waals surface area contributed by atoms with Crippen LogP contribution in [0.2, 0.25) is 0 Å². The number of carbonyl (C=O) groups is 3. The van der Waals surface area contributed by atoms with Crippen LogP contribution in [0.4, 0.5) is 0 Å². The monoisotopic (exact) mass is 330 g/mol. The van der Waals surface area contributed by atoms with Gasteiger partial charge < -0.3 is 10.6 Å². The number of nitrogens with one attached hydrogen (secondary N) is 2. The summed E-state index contributed by atoms with van der Waals surface area (Å²) in [6.07, 6.45) is 0.831. The van der Waals surface area contributed by atoms with E-state index in [0.29, 0.717) is 17.0 Å². The fourth-order valence-electron chi connectivity index (χ4n) is 2.00. The Morgan fingerprint density at radius 2 is 1.74 bits per heavy atom. The lowest BCUT2D eigenvalue weighted by Gasteiger charge is -2.09. The van der Waals surface area contributed by atoms with E-state index in [0.717, 1.165) is 6.42 Å². The largest absolute Gasteiger partial charge is 0.355 e. The van der Waals surface area contributed by atoms with Gasteiger partial charge in [0.1, 0.15) is 0 Å². The van der Waals surface area contributed by atoms with E-state index in [1.807, 2.05) is 12.3 Å². The molecule has 1 heterocycles. The quantitative estimate of drug-likeness (QED) is 0.765. The average Bonchev–Trinajstić information content (AvgIpc) is 3.11. The van der Waals surface area contributed by atoms with Crippen LogP contribution in [-0.4, -0.2) is 30.7 Å². The molecule has 120 valence electrons. The lowest BCUT2D eigenvalue weighted by Crippen LogP contribution is -2.37. The van der Waals surface area contributed by atoms with Crippen LogP contribution in [-0.2, 0) is 4.79 Å². The SMILES string of the molecule is CCCNC(=O)CNC(=O)c1ccccc1C(=O)c1cccs1. The zero-order valence-corrected chi connectivity index (χ0v) is 13.6. The summed E-state index contributed by atoms with van der Waals surface area (Å²) in [5, 5.41) is 7.04. The molecule has 0 aliphatic carbocycles. The highest BCUT2D eigenvalue weighted by Crippen LogP contribution is 2.18. The van der Waals surface area contributed by atoms with Gasteiger partial charge in [0.2, 0.25) is 11.7 Å². The first-order chi connectivity index (χ1) is 11.1. The number of hydrogen-bond acceptors (Lipinski definition) is 4. The van der Waals surface area contributed by atoms with Gasteiger partial charge >= 0.3 is 0 Å². The van der Waals surface area contributed by atoms with E-state index in [1.165, 1.54) is 11.3 Å². The van der Waals surface area contributed by atoms with Crippen molar-refractivity contribution in [3.63, 3.8) is 0 Å². The minimum Gasteiger partial charge on any atom is -0.355 e. The van der Waals surface area contributed by atoms with Gasteiger partial charge in [0.05, 0.1) is 17.0 Å². The fourth-order valence-corrected chi connectivity index (χ4v) is 2.68. The molecule has 1 aromatic heterocycles. The lowest BCUT2D eigenvalue weighted by atomic mass is 10.0. The van der Waals surface area contributed by atoms with Gasteiger partial charge in [-0.3, -0.25) is 14.4 Å². The zero-order chi connectivity index (χ0) is 16.7. The molecule has 23 heavy (non-hydrogen) atoms. The Balaban J connectivity index is 2.09. The molecular formula is C17H18N2O3S. The van der Waals surface area contributed by atoms with Gasteiger partial charge in [0.15, 0.2) is 0 Å². The molecule has 5 nitrogen and oxygen atoms in total. The summed E-state index contributed by atoms with van der Waals surface area (Å²) in [4.78, 5) is 36.9. The molecule has 0 saturated heterocycles. The molecule has 0 fully saturated rings. The van der Waals surface area contributed by atoms with Crippen molar-refractivity contribution in [2.45, 2.75) is 13.3 Å². The van der Waals surface area contributed by atoms with E-state index in [-0.39, 0.29) is 23.8 Å². The third-order valence-corrected chi connectivity index (χ3v) is 4.01. The maximum absolute atomic E-state index is 12.5. The fraction of sp³-hybridized carbons (Fsp3) is 0.235. The summed E-state index contributed by atoms with van der Waals surface area (Å²) in [6, 6.07) is 10.1. The Morgan fingerprint density at radius 3 is 2.39 bits per heavy atom. The van der Waals surface area contributed by atoms with Crippen molar-refractivity contribution in [3.05, 3.63) is 57.8 Å². The Morgan fingerprint density at radius 1 is 1.00 bits per heavy atom. The molecule has 0 atom stereocenters. The predicted molar refractivity (Wildman–Crippen MR) is 89.8 cm³/mol. The molecule has 1 aromatic carbocycles. The lowest BCUT2D eigenvalue weighted by molar-refractivity contribution is -0.120. The highest BCUT2D eigenvalue weighted by Gasteiger charge is 2.18. The number of rotatable bonds is 7. The molecule has 2 N–H and O–H groups in total. The summed E-state index contributed by atoms with van der Waals surface area (Å²) < 4.78 is 0. The van der Waals surface area contributed by atoms with Gasteiger partial charge in [-0.15, -0.1) is 11.3 Å². The Bertz CT molecular complexity index is 696. The minimum absolute atomic E-state index is 0.111. The van der Waals surface area contributed by atoms with Crippen molar-refractivity contribution in [3.8, 4) is 0 Å². The molecule has 0 saturated carbocycles. The van der Waals surface area contributed by atoms with Crippen LogP contribution in [0, 0.1) is 0 Å². The van der Waals surface area contributed by atoms with E-state index in [2.05, 4.69) is 10.6 Å². The summed E-state index contributed by atoms with van der Waals surface area (Å²) in [5.74, 6) is -0.874. The summed E-state index contributed by atoms with van der Waals surface area (Å²) in [6.45, 7) is 2.41. The second-order valence-electron chi connectivity index (χ2n) is 4.88. The molecule has 0 radical (unpaired) electrons. The molecule has 2 rings (SSSR count). The van der Waals surface area contributed by atoms with Crippen LogP contribution in [0.3, 0.4) is 0 Å². The Kier molecular flexibility index (Phi) is 6.05. The Labute approximate surface area is 138 Å². The second kappa shape index (κ2) is 8.24. The third-order valence-electron chi connectivity index (χ3n) is 3.14. The van der Waals surface area contributed by atoms with E-state index < -0.39 is 5.91 Å². The van der Waals surface area contributed by atoms with Gasteiger partial charge in [-0.1, -0.05) is 31.2 Å². The van der Waals surface area contributed by atoms with Crippen LogP contribution >= 0.6 is 11.3 Å². The van der Waals surface area contributed by atoms with Gasteiger partial charge in [-0.25, -0.2) is 0 Å². The smallest absolute Gasteiger partial charge is 0.252 e. The van der Waals surface area contributed by atoms with E-state index in [4.69, 9.17) is 0 Å². The number of carbonyl (C=O) groups excluding carboxylic acids is 3. The van der Waals surface area contributed by atoms with Gasteiger partial charge in [-0.05, 0) is 23.9 Å². The van der Waals surface area contributed by atoms with Gasteiger partial charge in [0.25, 0.3) is 5.91 Å². The topological polar surface area (TPSA) is 75.3 Å². The van der Waals surface area contributed by atoms with Crippen LogP contribution in [0.5, 0.6) is 0 Å². The van der Waals surface area contributed by atoms with Crippen molar-refractivity contribution < 1.29 is 14.4 Å². The Hall–Kier alpha value is -2.47. The number of ketones is 1. The molecule has 0 aliphatic rings. The van der Waals surface area contributed by atoms with Gasteiger partial charge in [0, 0.05) is 12.1 Å². The number of amides is 2. The van der Waals surface area contributed by atoms with E-state index >= 15 is 0 Å². The van der Waals surface area contributed by atoms with Crippen LogP contribution < -0.4 is 10.6 Å². The predicted octanol–water partition coefficient (Wildman–Crippen LogP) is 2.24. The molecule has 2 aromatic rings. The van der Waals surface area contributed by atoms with Crippen molar-refractivity contribution >= 4 is 28.9 Å². The van der Waals surface area contributed by atoms with Crippen molar-refractivity contribution in [1.29, 1.82) is 0 Å². The number of benzene rings is 1. The van der Waals surface area contributed by atoms with E-state index in [1.54, 1.807) is 36.4 Å². The summed E-state index contributed by atoms with van der Waals surface area (Å²) in [5.41, 5.74) is 0.607. The molecule has 0 spiro atoms. The van der Waals surface area contributed by atoms with Crippen molar-refractivity contribution in [2.24, 2.45) is 0 Å². The highest BCUT2D eigenvalue weighted by molar-refractivity contribution is 7.12. The molecule has 2 amide bonds. The zero-order valence-electron chi connectivity index (χ0n) is 12.8. The molecule has 0 unspecified atom stereocenters. The molecular weight excluding hydrogens is 312 g/mol. The molecule has 0 bridgehead atoms.